The molecule has 0 heterocycles. The lowest BCUT2D eigenvalue weighted by atomic mass is 10.0. The summed E-state index contributed by atoms with van der Waals surface area (Å²) in [6.45, 7) is -2.77. The molecule has 0 spiro atoms. The number of rotatable bonds is 10. The average Bonchev–Trinajstić information content (AvgIpc) is 2.34. The van der Waals surface area contributed by atoms with Crippen molar-refractivity contribution in [1.82, 2.24) is 4.90 Å². The van der Waals surface area contributed by atoms with Gasteiger partial charge in [0, 0.05) is 6.54 Å². The Kier molecular flexibility index (Phi) is 8.22. The zero-order valence-electron chi connectivity index (χ0n) is 10.5. The van der Waals surface area contributed by atoms with Crippen LogP contribution in [0.5, 0.6) is 0 Å². The number of nitrogens with zero attached hydrogens (tertiary/aromatic N) is 1. The molecule has 118 valence electrons. The van der Waals surface area contributed by atoms with Gasteiger partial charge in [-0.2, -0.15) is 0 Å². The van der Waals surface area contributed by atoms with Crippen LogP contribution < -0.4 is 0 Å². The molecule has 10 heteroatoms. The Morgan fingerprint density at radius 2 is 1.25 bits per heavy atom. The smallest absolute Gasteiger partial charge is 0.317 e. The van der Waals surface area contributed by atoms with Gasteiger partial charge in [0.05, 0.1) is 25.8 Å². The van der Waals surface area contributed by atoms with Crippen LogP contribution in [0.3, 0.4) is 0 Å². The fraction of sp³-hybridized carbons (Fsp3) is 0.800. The van der Waals surface area contributed by atoms with E-state index in [4.69, 9.17) is 20.4 Å². The minimum absolute atomic E-state index is 0.547. The fourth-order valence-electron chi connectivity index (χ4n) is 1.50. The highest BCUT2D eigenvalue weighted by atomic mass is 16.4. The van der Waals surface area contributed by atoms with Gasteiger partial charge in [-0.25, -0.2) is 0 Å². The van der Waals surface area contributed by atoms with Crippen molar-refractivity contribution in [2.24, 2.45) is 0 Å². The maximum absolute atomic E-state index is 10.5. The van der Waals surface area contributed by atoms with Gasteiger partial charge in [0.1, 0.15) is 18.3 Å². The van der Waals surface area contributed by atoms with E-state index in [0.29, 0.717) is 0 Å². The molecule has 10 nitrogen and oxygen atoms in total. The third-order valence-electron chi connectivity index (χ3n) is 2.49. The fourth-order valence-corrected chi connectivity index (χ4v) is 1.50. The predicted molar refractivity (Wildman–Crippen MR) is 62.8 cm³/mol. The monoisotopic (exact) mass is 297 g/mol. The van der Waals surface area contributed by atoms with Crippen LogP contribution in [0.1, 0.15) is 0 Å². The van der Waals surface area contributed by atoms with E-state index in [9.17, 15) is 24.9 Å². The molecule has 0 saturated carbocycles. The van der Waals surface area contributed by atoms with E-state index in [-0.39, 0.29) is 0 Å². The number of carboxylic acid groups (broad SMARTS) is 2. The van der Waals surface area contributed by atoms with Crippen LogP contribution in [0.25, 0.3) is 0 Å². The van der Waals surface area contributed by atoms with Gasteiger partial charge in [-0.05, 0) is 0 Å². The topological polar surface area (TPSA) is 179 Å². The summed E-state index contributed by atoms with van der Waals surface area (Å²) in [7, 11) is 0. The van der Waals surface area contributed by atoms with Gasteiger partial charge in [0.25, 0.3) is 0 Å². The molecule has 0 radical (unpaired) electrons. The zero-order chi connectivity index (χ0) is 15.9. The van der Waals surface area contributed by atoms with Crippen LogP contribution in [0.4, 0.5) is 0 Å². The van der Waals surface area contributed by atoms with Crippen molar-refractivity contribution in [3.05, 3.63) is 0 Å². The first-order valence-corrected chi connectivity index (χ1v) is 5.68. The minimum Gasteiger partial charge on any atom is -0.480 e. The van der Waals surface area contributed by atoms with Gasteiger partial charge >= 0.3 is 11.9 Å². The molecule has 0 aromatic rings. The first kappa shape index (κ1) is 18.7. The number of carbonyl (C=O) groups is 2. The van der Waals surface area contributed by atoms with E-state index in [1.807, 2.05) is 0 Å². The molecule has 0 amide bonds. The Hall–Kier alpha value is -1.30. The number of aliphatic carboxylic acids is 2. The van der Waals surface area contributed by atoms with E-state index < -0.39 is 62.6 Å². The number of aliphatic hydroxyl groups excluding tert-OH is 5. The molecule has 0 saturated heterocycles. The van der Waals surface area contributed by atoms with Crippen LogP contribution in [-0.4, -0.2) is 103 Å². The SMILES string of the molecule is O=C(O)CN(CC(=O)O)C[C@H](O)[C@H](O)[C@@H](O)[C@H](O)CO. The Morgan fingerprint density at radius 3 is 1.60 bits per heavy atom. The summed E-state index contributed by atoms with van der Waals surface area (Å²) >= 11 is 0. The van der Waals surface area contributed by atoms with Crippen molar-refractivity contribution >= 4 is 11.9 Å². The third-order valence-corrected chi connectivity index (χ3v) is 2.49. The van der Waals surface area contributed by atoms with Crippen molar-refractivity contribution < 1.29 is 45.3 Å². The Balaban J connectivity index is 4.60. The van der Waals surface area contributed by atoms with Crippen molar-refractivity contribution in [2.45, 2.75) is 24.4 Å². The maximum Gasteiger partial charge on any atom is 0.317 e. The molecule has 7 N–H and O–H groups in total. The average molecular weight is 297 g/mol. The summed E-state index contributed by atoms with van der Waals surface area (Å²) in [4.78, 5) is 21.9. The van der Waals surface area contributed by atoms with Crippen LogP contribution in [0.2, 0.25) is 0 Å². The van der Waals surface area contributed by atoms with Gasteiger partial charge in [0.2, 0.25) is 0 Å². The van der Waals surface area contributed by atoms with Crippen LogP contribution in [0.15, 0.2) is 0 Å². The molecule has 0 aromatic heterocycles. The molecule has 0 rings (SSSR count). The van der Waals surface area contributed by atoms with E-state index >= 15 is 0 Å². The lowest BCUT2D eigenvalue weighted by molar-refractivity contribution is -0.145. The van der Waals surface area contributed by atoms with Gasteiger partial charge in [-0.3, -0.25) is 14.5 Å². The summed E-state index contributed by atoms with van der Waals surface area (Å²) in [5.41, 5.74) is 0. The Morgan fingerprint density at radius 1 is 0.850 bits per heavy atom. The minimum atomic E-state index is -1.87. The molecular formula is C10H19NO9. The third kappa shape index (κ3) is 6.75. The normalized spacial score (nSPS) is 17.5. The summed E-state index contributed by atoms with van der Waals surface area (Å²) in [6.07, 6.45) is -7.12. The number of hydrogen-bond donors (Lipinski definition) is 7. The first-order valence-electron chi connectivity index (χ1n) is 5.68. The Labute approximate surface area is 114 Å². The molecule has 20 heavy (non-hydrogen) atoms. The van der Waals surface area contributed by atoms with Gasteiger partial charge in [0.15, 0.2) is 0 Å². The lowest BCUT2D eigenvalue weighted by Crippen LogP contribution is -2.51. The standard InChI is InChI=1S/C10H19NO9/c12-4-6(14)10(20)9(19)5(13)1-11(2-7(15)16)3-8(17)18/h5-6,9-10,12-14,19-20H,1-4H2,(H,15,16)(H,17,18)/t5-,6+,9-,10-/m0/s1. The number of carboxylic acids is 2. The first-order chi connectivity index (χ1) is 9.18. The number of aliphatic hydroxyl groups is 5. The highest BCUT2D eigenvalue weighted by molar-refractivity contribution is 5.72. The molecule has 4 atom stereocenters. The summed E-state index contributed by atoms with van der Waals surface area (Å²) < 4.78 is 0. The largest absolute Gasteiger partial charge is 0.480 e. The lowest BCUT2D eigenvalue weighted by Gasteiger charge is -2.28. The van der Waals surface area contributed by atoms with E-state index in [1.54, 1.807) is 0 Å². The van der Waals surface area contributed by atoms with Crippen molar-refractivity contribution in [2.75, 3.05) is 26.2 Å². The maximum atomic E-state index is 10.5. The van der Waals surface area contributed by atoms with Crippen LogP contribution >= 0.6 is 0 Å². The molecule has 0 aliphatic heterocycles. The molecule has 0 aromatic carbocycles. The predicted octanol–water partition coefficient (Wildman–Crippen LogP) is -4.11. The van der Waals surface area contributed by atoms with Crippen LogP contribution in [-0.2, 0) is 9.59 Å². The second-order valence-electron chi connectivity index (χ2n) is 4.26. The molecule has 0 unspecified atom stereocenters. The molecular weight excluding hydrogens is 278 g/mol. The summed E-state index contributed by atoms with van der Waals surface area (Å²) in [5, 5.41) is 63.3. The summed E-state index contributed by atoms with van der Waals surface area (Å²) in [5.74, 6) is -2.66. The zero-order valence-corrected chi connectivity index (χ0v) is 10.5. The van der Waals surface area contributed by atoms with Crippen molar-refractivity contribution in [3.8, 4) is 0 Å². The highest BCUT2D eigenvalue weighted by Gasteiger charge is 2.31. The van der Waals surface area contributed by atoms with Crippen molar-refractivity contribution in [3.63, 3.8) is 0 Å². The molecule has 0 aliphatic carbocycles. The van der Waals surface area contributed by atoms with Gasteiger partial charge in [-0.1, -0.05) is 0 Å². The highest BCUT2D eigenvalue weighted by Crippen LogP contribution is 2.07. The quantitative estimate of drug-likeness (QED) is 0.209. The second kappa shape index (κ2) is 8.79. The number of hydrogen-bond acceptors (Lipinski definition) is 8. The van der Waals surface area contributed by atoms with Crippen LogP contribution in [0, 0.1) is 0 Å². The molecule has 0 bridgehead atoms. The van der Waals surface area contributed by atoms with E-state index in [0.717, 1.165) is 4.90 Å². The van der Waals surface area contributed by atoms with E-state index in [2.05, 4.69) is 0 Å². The van der Waals surface area contributed by atoms with Crippen molar-refractivity contribution in [1.29, 1.82) is 0 Å². The molecule has 0 fully saturated rings. The summed E-state index contributed by atoms with van der Waals surface area (Å²) in [6, 6.07) is 0. The van der Waals surface area contributed by atoms with Gasteiger partial charge in [-0.15, -0.1) is 0 Å². The van der Waals surface area contributed by atoms with Gasteiger partial charge < -0.3 is 35.7 Å². The Bertz CT molecular complexity index is 308. The second-order valence-corrected chi connectivity index (χ2v) is 4.26. The molecule has 0 aliphatic rings. The van der Waals surface area contributed by atoms with E-state index in [1.165, 1.54) is 0 Å².